The van der Waals surface area contributed by atoms with E-state index in [2.05, 4.69) is 13.8 Å². The highest BCUT2D eigenvalue weighted by molar-refractivity contribution is 7.80. The summed E-state index contributed by atoms with van der Waals surface area (Å²) in [5.41, 5.74) is 0. The minimum absolute atomic E-state index is 0.799. The highest BCUT2D eigenvalue weighted by atomic mass is 32.1. The van der Waals surface area contributed by atoms with Crippen molar-refractivity contribution in [2.75, 3.05) is 6.61 Å². The minimum atomic E-state index is 0.799. The molecular weight excluding hydrogens is 168 g/mol. The Morgan fingerprint density at radius 3 is 2.33 bits per heavy atom. The van der Waals surface area contributed by atoms with Crippen molar-refractivity contribution in [3.8, 4) is 0 Å². The Bertz CT molecular complexity index is 112. The molecule has 0 aliphatic carbocycles. The summed E-state index contributed by atoms with van der Waals surface area (Å²) in [6.45, 7) is 5.17. The molecule has 0 N–H and O–H groups in total. The van der Waals surface area contributed by atoms with Crippen LogP contribution in [0, 0.1) is 0 Å². The highest BCUT2D eigenvalue weighted by Gasteiger charge is 1.95. The molecule has 0 fully saturated rings. The second-order valence-corrected chi connectivity index (χ2v) is 3.49. The van der Waals surface area contributed by atoms with Gasteiger partial charge >= 0.3 is 0 Å². The van der Waals surface area contributed by atoms with Gasteiger partial charge in [0.25, 0.3) is 0 Å². The number of hydrogen-bond donors (Lipinski definition) is 0. The molecule has 12 heavy (non-hydrogen) atoms. The molecule has 0 aromatic carbocycles. The molecule has 0 heterocycles. The topological polar surface area (TPSA) is 9.23 Å². The van der Waals surface area contributed by atoms with E-state index in [0.717, 1.165) is 30.9 Å². The highest BCUT2D eigenvalue weighted by Crippen LogP contribution is 2.01. The maximum absolute atomic E-state index is 5.38. The average molecular weight is 188 g/mol. The summed E-state index contributed by atoms with van der Waals surface area (Å²) in [6.07, 6.45) is 6.94. The van der Waals surface area contributed by atoms with Crippen LogP contribution in [-0.2, 0) is 4.74 Å². The first-order valence-electron chi connectivity index (χ1n) is 4.96. The van der Waals surface area contributed by atoms with Gasteiger partial charge in [0.2, 0.25) is 0 Å². The zero-order valence-corrected chi connectivity index (χ0v) is 9.08. The number of hydrogen-bond acceptors (Lipinski definition) is 2. The average Bonchev–Trinajstić information content (AvgIpc) is 2.09. The third kappa shape index (κ3) is 7.99. The van der Waals surface area contributed by atoms with Crippen LogP contribution in [-0.4, -0.2) is 11.7 Å². The van der Waals surface area contributed by atoms with Crippen LogP contribution in [0.1, 0.15) is 52.4 Å². The van der Waals surface area contributed by atoms with Crippen molar-refractivity contribution in [3.63, 3.8) is 0 Å². The molecule has 0 rings (SSSR count). The van der Waals surface area contributed by atoms with Crippen molar-refractivity contribution in [1.29, 1.82) is 0 Å². The van der Waals surface area contributed by atoms with E-state index in [1.165, 1.54) is 19.3 Å². The van der Waals surface area contributed by atoms with Crippen molar-refractivity contribution in [2.24, 2.45) is 0 Å². The van der Waals surface area contributed by atoms with E-state index in [-0.39, 0.29) is 0 Å². The smallest absolute Gasteiger partial charge is 0.159 e. The predicted octanol–water partition coefficient (Wildman–Crippen LogP) is 3.71. The molecule has 2 heteroatoms. The fourth-order valence-electron chi connectivity index (χ4n) is 0.931. The molecule has 0 saturated heterocycles. The second-order valence-electron chi connectivity index (χ2n) is 3.03. The van der Waals surface area contributed by atoms with Crippen molar-refractivity contribution in [1.82, 2.24) is 0 Å². The number of ether oxygens (including phenoxy) is 1. The van der Waals surface area contributed by atoms with E-state index < -0.39 is 0 Å². The normalized spacial score (nSPS) is 9.83. The first-order chi connectivity index (χ1) is 5.81. The van der Waals surface area contributed by atoms with E-state index in [0.29, 0.717) is 0 Å². The van der Waals surface area contributed by atoms with Crippen molar-refractivity contribution >= 4 is 17.3 Å². The summed E-state index contributed by atoms with van der Waals surface area (Å²) in [5, 5.41) is 0.799. The third-order valence-electron chi connectivity index (χ3n) is 1.75. The first kappa shape index (κ1) is 11.9. The molecule has 0 atom stereocenters. The van der Waals surface area contributed by atoms with Crippen LogP contribution < -0.4 is 0 Å². The van der Waals surface area contributed by atoms with Gasteiger partial charge in [-0.1, -0.05) is 33.1 Å². The Morgan fingerprint density at radius 1 is 1.08 bits per heavy atom. The monoisotopic (exact) mass is 188 g/mol. The van der Waals surface area contributed by atoms with Crippen molar-refractivity contribution in [3.05, 3.63) is 0 Å². The van der Waals surface area contributed by atoms with Crippen LogP contribution in [0.5, 0.6) is 0 Å². The Hall–Kier alpha value is -0.110. The lowest BCUT2D eigenvalue weighted by Crippen LogP contribution is -2.02. The van der Waals surface area contributed by atoms with Crippen LogP contribution in [0.15, 0.2) is 0 Å². The number of unbranched alkanes of at least 4 members (excludes halogenated alkanes) is 3. The Morgan fingerprint density at radius 2 is 1.75 bits per heavy atom. The fourth-order valence-corrected chi connectivity index (χ4v) is 1.16. The largest absolute Gasteiger partial charge is 0.487 e. The summed E-state index contributed by atoms with van der Waals surface area (Å²) in [5.74, 6) is 0. The van der Waals surface area contributed by atoms with E-state index in [4.69, 9.17) is 17.0 Å². The second kappa shape index (κ2) is 8.98. The zero-order valence-electron chi connectivity index (χ0n) is 8.27. The summed E-state index contributed by atoms with van der Waals surface area (Å²) in [7, 11) is 0. The zero-order chi connectivity index (χ0) is 9.23. The van der Waals surface area contributed by atoms with Crippen LogP contribution >= 0.6 is 12.2 Å². The van der Waals surface area contributed by atoms with Gasteiger partial charge in [-0.25, -0.2) is 0 Å². The summed E-state index contributed by atoms with van der Waals surface area (Å²) < 4.78 is 5.38. The Kier molecular flexibility index (Phi) is 8.90. The molecule has 0 spiro atoms. The van der Waals surface area contributed by atoms with E-state index in [1.54, 1.807) is 0 Å². The molecule has 1 nitrogen and oxygen atoms in total. The molecular formula is C10H20OS. The van der Waals surface area contributed by atoms with Gasteiger partial charge in [0.05, 0.1) is 6.61 Å². The van der Waals surface area contributed by atoms with Crippen LogP contribution in [0.3, 0.4) is 0 Å². The third-order valence-corrected chi connectivity index (χ3v) is 2.07. The van der Waals surface area contributed by atoms with Crippen LogP contribution in [0.4, 0.5) is 0 Å². The van der Waals surface area contributed by atoms with Gasteiger partial charge < -0.3 is 4.74 Å². The molecule has 72 valence electrons. The van der Waals surface area contributed by atoms with Gasteiger partial charge in [-0.3, -0.25) is 0 Å². The maximum Gasteiger partial charge on any atom is 0.159 e. The lowest BCUT2D eigenvalue weighted by Gasteiger charge is -2.05. The maximum atomic E-state index is 5.38. The van der Waals surface area contributed by atoms with E-state index in [1.807, 2.05) is 0 Å². The SMILES string of the molecule is CCCCCOC(=S)CCCC. The lowest BCUT2D eigenvalue weighted by atomic mass is 10.2. The molecule has 0 aromatic rings. The van der Waals surface area contributed by atoms with E-state index in [9.17, 15) is 0 Å². The van der Waals surface area contributed by atoms with Gasteiger partial charge in [-0.05, 0) is 25.1 Å². The van der Waals surface area contributed by atoms with Gasteiger partial charge in [0.1, 0.15) is 0 Å². The molecule has 0 unspecified atom stereocenters. The molecule has 0 aliphatic heterocycles. The lowest BCUT2D eigenvalue weighted by molar-refractivity contribution is 0.293. The van der Waals surface area contributed by atoms with Crippen LogP contribution in [0.25, 0.3) is 0 Å². The quantitative estimate of drug-likeness (QED) is 0.445. The van der Waals surface area contributed by atoms with Gasteiger partial charge in [0, 0.05) is 6.42 Å². The Labute approximate surface area is 81.5 Å². The number of rotatable bonds is 7. The molecule has 0 radical (unpaired) electrons. The summed E-state index contributed by atoms with van der Waals surface area (Å²) in [6, 6.07) is 0. The van der Waals surface area contributed by atoms with Gasteiger partial charge in [0.15, 0.2) is 5.05 Å². The van der Waals surface area contributed by atoms with Crippen LogP contribution in [0.2, 0.25) is 0 Å². The summed E-state index contributed by atoms with van der Waals surface area (Å²) in [4.78, 5) is 0. The minimum Gasteiger partial charge on any atom is -0.487 e. The fraction of sp³-hybridized carbons (Fsp3) is 0.900. The van der Waals surface area contributed by atoms with Gasteiger partial charge in [-0.2, -0.15) is 0 Å². The molecule has 0 amide bonds. The van der Waals surface area contributed by atoms with Crippen molar-refractivity contribution < 1.29 is 4.74 Å². The van der Waals surface area contributed by atoms with E-state index >= 15 is 0 Å². The van der Waals surface area contributed by atoms with Crippen molar-refractivity contribution in [2.45, 2.75) is 52.4 Å². The molecule has 0 aliphatic rings. The molecule has 0 aromatic heterocycles. The Balaban J connectivity index is 3.08. The van der Waals surface area contributed by atoms with Gasteiger partial charge in [-0.15, -0.1) is 0 Å². The summed E-state index contributed by atoms with van der Waals surface area (Å²) >= 11 is 5.05. The standard InChI is InChI=1S/C10H20OS/c1-3-5-7-9-11-10(12)8-6-4-2/h3-9H2,1-2H3. The molecule has 0 saturated carbocycles. The molecule has 0 bridgehead atoms. The first-order valence-corrected chi connectivity index (χ1v) is 5.37. The predicted molar refractivity (Wildman–Crippen MR) is 57.6 cm³/mol. The number of thiocarbonyl (C=S) groups is 1.